The quantitative estimate of drug-likeness (QED) is 0.855. The largest absolute Gasteiger partial charge is 0.391 e. The van der Waals surface area contributed by atoms with Crippen LogP contribution in [0.15, 0.2) is 23.6 Å². The third-order valence-electron chi connectivity index (χ3n) is 3.74. The van der Waals surface area contributed by atoms with Crippen molar-refractivity contribution in [1.82, 2.24) is 0 Å². The molecule has 3 nitrogen and oxygen atoms in total. The molecule has 0 saturated carbocycles. The Kier molecular flexibility index (Phi) is 2.73. The highest BCUT2D eigenvalue weighted by Crippen LogP contribution is 2.36. The maximum absolute atomic E-state index is 9.86. The van der Waals surface area contributed by atoms with Crippen LogP contribution in [0, 0.1) is 11.3 Å². The van der Waals surface area contributed by atoms with Crippen molar-refractivity contribution < 1.29 is 5.11 Å². The second-order valence-corrected chi connectivity index (χ2v) is 5.61. The molecule has 1 aromatic carbocycles. The average molecular weight is 258 g/mol. The average Bonchev–Trinajstić information content (AvgIpc) is 2.98. The molecule has 0 amide bonds. The first-order chi connectivity index (χ1) is 8.72. The molecular formula is C14H14N2OS. The molecule has 0 spiro atoms. The van der Waals surface area contributed by atoms with E-state index in [1.165, 1.54) is 0 Å². The second kappa shape index (κ2) is 4.27. The number of rotatable bonds is 1. The van der Waals surface area contributed by atoms with E-state index in [1.807, 2.05) is 24.4 Å². The summed E-state index contributed by atoms with van der Waals surface area (Å²) in [5.74, 6) is 0. The zero-order valence-corrected chi connectivity index (χ0v) is 10.9. The Balaban J connectivity index is 2.14. The molecule has 0 aliphatic carbocycles. The van der Waals surface area contributed by atoms with Gasteiger partial charge in [-0.15, -0.1) is 11.3 Å². The minimum atomic E-state index is -0.255. The van der Waals surface area contributed by atoms with Gasteiger partial charge in [-0.25, -0.2) is 0 Å². The van der Waals surface area contributed by atoms with Crippen LogP contribution in [0.5, 0.6) is 0 Å². The fraction of sp³-hybridized carbons (Fsp3) is 0.357. The van der Waals surface area contributed by atoms with Crippen LogP contribution in [0.4, 0.5) is 5.69 Å². The molecule has 0 unspecified atom stereocenters. The number of nitrogens with zero attached hydrogens (tertiary/aromatic N) is 2. The van der Waals surface area contributed by atoms with Crippen molar-refractivity contribution in [1.29, 1.82) is 5.26 Å². The van der Waals surface area contributed by atoms with Gasteiger partial charge in [-0.3, -0.25) is 0 Å². The number of hydrogen-bond donors (Lipinski definition) is 1. The van der Waals surface area contributed by atoms with E-state index in [9.17, 15) is 5.11 Å². The van der Waals surface area contributed by atoms with Crippen LogP contribution in [-0.2, 0) is 0 Å². The number of anilines is 1. The Morgan fingerprint density at radius 2 is 2.28 bits per heavy atom. The summed E-state index contributed by atoms with van der Waals surface area (Å²) in [5.41, 5.74) is 1.87. The lowest BCUT2D eigenvalue weighted by atomic mass is 10.1. The first-order valence-corrected chi connectivity index (χ1v) is 6.95. The number of thiophene rings is 1. The van der Waals surface area contributed by atoms with Gasteiger partial charge in [-0.2, -0.15) is 5.26 Å². The minimum Gasteiger partial charge on any atom is -0.391 e. The van der Waals surface area contributed by atoms with Gasteiger partial charge < -0.3 is 10.0 Å². The Morgan fingerprint density at radius 3 is 2.94 bits per heavy atom. The summed E-state index contributed by atoms with van der Waals surface area (Å²) in [4.78, 5) is 2.24. The van der Waals surface area contributed by atoms with Gasteiger partial charge in [0.25, 0.3) is 0 Å². The first kappa shape index (κ1) is 11.5. The summed E-state index contributed by atoms with van der Waals surface area (Å²) in [6, 6.07) is 8.32. The van der Waals surface area contributed by atoms with Crippen LogP contribution in [0.2, 0.25) is 0 Å². The fourth-order valence-electron chi connectivity index (χ4n) is 2.65. The van der Waals surface area contributed by atoms with Crippen LogP contribution < -0.4 is 4.90 Å². The molecular weight excluding hydrogens is 244 g/mol. The van der Waals surface area contributed by atoms with Crippen LogP contribution in [0.3, 0.4) is 0 Å². The number of hydrogen-bond acceptors (Lipinski definition) is 4. The van der Waals surface area contributed by atoms with Gasteiger partial charge in [0, 0.05) is 17.6 Å². The number of fused-ring (bicyclic) bond motifs is 1. The highest BCUT2D eigenvalue weighted by molar-refractivity contribution is 7.17. The van der Waals surface area contributed by atoms with E-state index in [0.29, 0.717) is 0 Å². The van der Waals surface area contributed by atoms with Gasteiger partial charge in [0.2, 0.25) is 0 Å². The summed E-state index contributed by atoms with van der Waals surface area (Å²) >= 11 is 1.60. The first-order valence-electron chi connectivity index (χ1n) is 6.07. The van der Waals surface area contributed by atoms with Gasteiger partial charge in [0.1, 0.15) is 6.07 Å². The Labute approximate surface area is 110 Å². The fourth-order valence-corrected chi connectivity index (χ4v) is 3.53. The maximum Gasteiger partial charge on any atom is 0.101 e. The van der Waals surface area contributed by atoms with Crippen molar-refractivity contribution in [3.8, 4) is 6.07 Å². The molecule has 0 radical (unpaired) electrons. The van der Waals surface area contributed by atoms with Crippen LogP contribution >= 0.6 is 11.3 Å². The summed E-state index contributed by atoms with van der Waals surface area (Å²) in [6.07, 6.45) is 0.557. The molecule has 1 aliphatic rings. The van der Waals surface area contributed by atoms with Gasteiger partial charge in [-0.05, 0) is 36.9 Å². The Morgan fingerprint density at radius 1 is 1.44 bits per heavy atom. The molecule has 2 heterocycles. The Hall–Kier alpha value is -1.57. The normalized spacial score (nSPS) is 23.5. The molecule has 1 N–H and O–H groups in total. The summed E-state index contributed by atoms with van der Waals surface area (Å²) < 4.78 is 1.04. The minimum absolute atomic E-state index is 0.140. The summed E-state index contributed by atoms with van der Waals surface area (Å²) in [6.45, 7) is 2.92. The van der Waals surface area contributed by atoms with E-state index < -0.39 is 0 Å². The smallest absolute Gasteiger partial charge is 0.101 e. The number of aliphatic hydroxyl groups excluding tert-OH is 1. The molecule has 4 heteroatoms. The zero-order valence-electron chi connectivity index (χ0n) is 10.1. The number of aliphatic hydroxyl groups is 1. The molecule has 92 valence electrons. The lowest BCUT2D eigenvalue weighted by molar-refractivity contribution is 0.170. The van der Waals surface area contributed by atoms with E-state index in [1.54, 1.807) is 11.3 Å². The molecule has 1 saturated heterocycles. The van der Waals surface area contributed by atoms with E-state index in [4.69, 9.17) is 5.26 Å². The topological polar surface area (TPSA) is 47.3 Å². The highest BCUT2D eigenvalue weighted by Gasteiger charge is 2.30. The van der Waals surface area contributed by atoms with Crippen LogP contribution in [0.25, 0.3) is 10.1 Å². The predicted octanol–water partition coefficient (Wildman–Crippen LogP) is 2.73. The van der Waals surface area contributed by atoms with E-state index >= 15 is 0 Å². The van der Waals surface area contributed by atoms with Gasteiger partial charge in [0.05, 0.1) is 22.4 Å². The lowest BCUT2D eigenvalue weighted by Crippen LogP contribution is -2.32. The van der Waals surface area contributed by atoms with Crippen molar-refractivity contribution >= 4 is 27.1 Å². The van der Waals surface area contributed by atoms with Gasteiger partial charge in [0.15, 0.2) is 0 Å². The van der Waals surface area contributed by atoms with Crippen LogP contribution in [0.1, 0.15) is 18.9 Å². The van der Waals surface area contributed by atoms with Gasteiger partial charge in [-0.1, -0.05) is 0 Å². The number of benzene rings is 1. The van der Waals surface area contributed by atoms with Crippen molar-refractivity contribution in [3.63, 3.8) is 0 Å². The second-order valence-electron chi connectivity index (χ2n) is 4.70. The standard InChI is InChI=1S/C14H14N2OS/c1-9-13(17)4-6-16(9)12-3-2-10(8-15)14-11(12)5-7-18-14/h2-3,5,7,9,13,17H,4,6H2,1H3/t9-,13-/m0/s1. The molecule has 2 atom stereocenters. The van der Waals surface area contributed by atoms with Crippen molar-refractivity contribution in [2.24, 2.45) is 0 Å². The van der Waals surface area contributed by atoms with E-state index in [2.05, 4.69) is 17.0 Å². The highest BCUT2D eigenvalue weighted by atomic mass is 32.1. The SMILES string of the molecule is C[C@H]1[C@@H](O)CCN1c1ccc(C#N)c2sccc12. The maximum atomic E-state index is 9.86. The van der Waals surface area contributed by atoms with Crippen molar-refractivity contribution in [2.45, 2.75) is 25.5 Å². The van der Waals surface area contributed by atoms with Crippen LogP contribution in [-0.4, -0.2) is 23.8 Å². The monoisotopic (exact) mass is 258 g/mol. The van der Waals surface area contributed by atoms with E-state index in [-0.39, 0.29) is 12.1 Å². The van der Waals surface area contributed by atoms with E-state index in [0.717, 1.165) is 34.3 Å². The third kappa shape index (κ3) is 1.59. The molecule has 1 fully saturated rings. The lowest BCUT2D eigenvalue weighted by Gasteiger charge is -2.25. The molecule has 1 aromatic heterocycles. The molecule has 18 heavy (non-hydrogen) atoms. The molecule has 1 aliphatic heterocycles. The predicted molar refractivity (Wildman–Crippen MR) is 74.0 cm³/mol. The third-order valence-corrected chi connectivity index (χ3v) is 4.69. The Bertz CT molecular complexity index is 628. The summed E-state index contributed by atoms with van der Waals surface area (Å²) in [5, 5.41) is 22.1. The van der Waals surface area contributed by atoms with Crippen molar-refractivity contribution in [2.75, 3.05) is 11.4 Å². The van der Waals surface area contributed by atoms with Crippen molar-refractivity contribution in [3.05, 3.63) is 29.1 Å². The molecule has 0 bridgehead atoms. The molecule has 2 aromatic rings. The zero-order chi connectivity index (χ0) is 12.7. The number of nitriles is 1. The summed E-state index contributed by atoms with van der Waals surface area (Å²) in [7, 11) is 0. The van der Waals surface area contributed by atoms with Gasteiger partial charge >= 0.3 is 0 Å². The molecule has 3 rings (SSSR count).